The summed E-state index contributed by atoms with van der Waals surface area (Å²) in [6.45, 7) is 0.103. The Balaban J connectivity index is 1.58. The molecule has 176 valence electrons. The summed E-state index contributed by atoms with van der Waals surface area (Å²) in [6, 6.07) is 13.3. The number of carbonyl (C=O) groups is 2. The van der Waals surface area contributed by atoms with Crippen molar-refractivity contribution in [3.8, 4) is 11.5 Å². The predicted octanol–water partition coefficient (Wildman–Crippen LogP) is 5.46. The molecule has 0 spiro atoms. The number of carbonyl (C=O) groups excluding carboxylic acids is 2. The Hall–Kier alpha value is -3.33. The van der Waals surface area contributed by atoms with Gasteiger partial charge >= 0.3 is 11.8 Å². The molecule has 0 aliphatic carbocycles. The van der Waals surface area contributed by atoms with Gasteiger partial charge in [0.2, 0.25) is 0 Å². The summed E-state index contributed by atoms with van der Waals surface area (Å²) >= 11 is 17.7. The summed E-state index contributed by atoms with van der Waals surface area (Å²) < 4.78 is 24.2. The molecule has 3 aromatic rings. The van der Waals surface area contributed by atoms with E-state index in [2.05, 4.69) is 15.8 Å². The number of methoxy groups -OCH3 is 1. The summed E-state index contributed by atoms with van der Waals surface area (Å²) in [5.74, 6) is -1.56. The minimum atomic E-state index is -0.990. The monoisotopic (exact) mass is 523 g/mol. The van der Waals surface area contributed by atoms with Crippen molar-refractivity contribution < 1.29 is 23.5 Å². The first-order valence-corrected chi connectivity index (χ1v) is 10.7. The van der Waals surface area contributed by atoms with Gasteiger partial charge in [-0.15, -0.1) is 0 Å². The molecule has 0 aliphatic heterocycles. The molecule has 11 heteroatoms. The summed E-state index contributed by atoms with van der Waals surface area (Å²) in [5, 5.41) is 7.01. The lowest BCUT2D eigenvalue weighted by Gasteiger charge is -2.12. The molecule has 7 nitrogen and oxygen atoms in total. The van der Waals surface area contributed by atoms with Crippen LogP contribution in [-0.2, 0) is 16.2 Å². The lowest BCUT2D eigenvalue weighted by Crippen LogP contribution is -2.32. The molecule has 0 aliphatic rings. The third-order valence-corrected chi connectivity index (χ3v) is 5.08. The van der Waals surface area contributed by atoms with Crippen LogP contribution in [-0.4, -0.2) is 25.1 Å². The van der Waals surface area contributed by atoms with Crippen LogP contribution < -0.4 is 20.2 Å². The zero-order valence-electron chi connectivity index (χ0n) is 17.6. The molecule has 2 N–H and O–H groups in total. The maximum absolute atomic E-state index is 13.2. The topological polar surface area (TPSA) is 89.0 Å². The van der Waals surface area contributed by atoms with Gasteiger partial charge in [0.25, 0.3) is 0 Å². The lowest BCUT2D eigenvalue weighted by molar-refractivity contribution is -0.136. The first-order chi connectivity index (χ1) is 16.2. The van der Waals surface area contributed by atoms with E-state index in [1.807, 2.05) is 0 Å². The number of nitrogens with one attached hydrogen (secondary N) is 2. The highest BCUT2D eigenvalue weighted by Gasteiger charge is 2.14. The highest BCUT2D eigenvalue weighted by atomic mass is 35.5. The van der Waals surface area contributed by atoms with Crippen molar-refractivity contribution in [1.29, 1.82) is 0 Å². The van der Waals surface area contributed by atoms with Crippen molar-refractivity contribution in [2.75, 3.05) is 12.4 Å². The molecule has 0 aromatic heterocycles. The fraction of sp³-hybridized carbons (Fsp3) is 0.0870. The molecule has 0 heterocycles. The van der Waals surface area contributed by atoms with Gasteiger partial charge in [0.15, 0.2) is 11.5 Å². The lowest BCUT2D eigenvalue weighted by atomic mass is 10.2. The van der Waals surface area contributed by atoms with E-state index in [1.54, 1.807) is 18.2 Å². The van der Waals surface area contributed by atoms with Crippen molar-refractivity contribution in [2.45, 2.75) is 6.61 Å². The number of anilines is 1. The molecule has 3 rings (SSSR count). The molecule has 34 heavy (non-hydrogen) atoms. The van der Waals surface area contributed by atoms with E-state index < -0.39 is 17.6 Å². The molecule has 0 fully saturated rings. The smallest absolute Gasteiger partial charge is 0.329 e. The van der Waals surface area contributed by atoms with Gasteiger partial charge in [-0.2, -0.15) is 5.10 Å². The number of benzene rings is 3. The highest BCUT2D eigenvalue weighted by Crippen LogP contribution is 2.29. The van der Waals surface area contributed by atoms with Crippen LogP contribution in [0.4, 0.5) is 10.1 Å². The Morgan fingerprint density at radius 2 is 1.71 bits per heavy atom. The fourth-order valence-electron chi connectivity index (χ4n) is 2.71. The van der Waals surface area contributed by atoms with E-state index >= 15 is 0 Å². The second kappa shape index (κ2) is 11.7. The number of hydrogen-bond donors (Lipinski definition) is 2. The standard InChI is InChI=1S/C23H17Cl3FN3O4/c1-33-21-6-13(2-5-20(21)34-12-14-3-4-17(27)10-19(14)26)11-28-30-23(32)22(31)29-18-8-15(24)7-16(25)9-18/h2-11H,12H2,1H3,(H,29,31)(H,30,32)/b28-11+. The van der Waals surface area contributed by atoms with Gasteiger partial charge < -0.3 is 14.8 Å². The summed E-state index contributed by atoms with van der Waals surface area (Å²) in [4.78, 5) is 24.0. The number of halogens is 4. The number of rotatable bonds is 7. The molecular weight excluding hydrogens is 508 g/mol. The average Bonchev–Trinajstić information content (AvgIpc) is 2.78. The van der Waals surface area contributed by atoms with Crippen molar-refractivity contribution in [2.24, 2.45) is 5.10 Å². The van der Waals surface area contributed by atoms with Crippen LogP contribution in [0.15, 0.2) is 59.7 Å². The van der Waals surface area contributed by atoms with E-state index in [0.717, 1.165) is 0 Å². The van der Waals surface area contributed by atoms with Crippen LogP contribution in [0.5, 0.6) is 11.5 Å². The quantitative estimate of drug-likeness (QED) is 0.244. The molecule has 0 unspecified atom stereocenters. The first-order valence-electron chi connectivity index (χ1n) is 9.60. The van der Waals surface area contributed by atoms with Gasteiger partial charge in [0.1, 0.15) is 12.4 Å². The van der Waals surface area contributed by atoms with Gasteiger partial charge in [-0.1, -0.05) is 40.9 Å². The van der Waals surface area contributed by atoms with E-state index in [1.165, 1.54) is 49.7 Å². The minimum absolute atomic E-state index is 0.103. The summed E-state index contributed by atoms with van der Waals surface area (Å²) in [6.07, 6.45) is 1.32. The third kappa shape index (κ3) is 7.08. The number of hydrazone groups is 1. The predicted molar refractivity (Wildman–Crippen MR) is 130 cm³/mol. The molecule has 0 saturated carbocycles. The van der Waals surface area contributed by atoms with Crippen LogP contribution in [0.2, 0.25) is 15.1 Å². The van der Waals surface area contributed by atoms with Crippen molar-refractivity contribution in [1.82, 2.24) is 5.43 Å². The van der Waals surface area contributed by atoms with Gasteiger partial charge in [-0.25, -0.2) is 9.82 Å². The van der Waals surface area contributed by atoms with Gasteiger partial charge in [0.05, 0.1) is 18.3 Å². The molecule has 0 atom stereocenters. The van der Waals surface area contributed by atoms with Crippen LogP contribution in [0, 0.1) is 5.82 Å². The fourth-order valence-corrected chi connectivity index (χ4v) is 3.46. The number of ether oxygens (including phenoxy) is 2. The highest BCUT2D eigenvalue weighted by molar-refractivity contribution is 6.40. The molecule has 0 saturated heterocycles. The van der Waals surface area contributed by atoms with Gasteiger partial charge in [0, 0.05) is 21.3 Å². The average molecular weight is 525 g/mol. The van der Waals surface area contributed by atoms with E-state index in [4.69, 9.17) is 44.3 Å². The van der Waals surface area contributed by atoms with Crippen molar-refractivity contribution in [3.05, 3.63) is 86.6 Å². The van der Waals surface area contributed by atoms with Crippen molar-refractivity contribution in [3.63, 3.8) is 0 Å². The Morgan fingerprint density at radius 3 is 2.38 bits per heavy atom. The maximum Gasteiger partial charge on any atom is 0.329 e. The molecular formula is C23H17Cl3FN3O4. The van der Waals surface area contributed by atoms with E-state index in [0.29, 0.717) is 32.7 Å². The Bertz CT molecular complexity index is 1230. The first kappa shape index (κ1) is 25.3. The molecule has 0 bridgehead atoms. The minimum Gasteiger partial charge on any atom is -0.493 e. The van der Waals surface area contributed by atoms with Crippen LogP contribution in [0.3, 0.4) is 0 Å². The van der Waals surface area contributed by atoms with Crippen molar-refractivity contribution >= 4 is 58.5 Å². The van der Waals surface area contributed by atoms with Crippen LogP contribution in [0.25, 0.3) is 0 Å². The molecule has 3 aromatic carbocycles. The second-order valence-corrected chi connectivity index (χ2v) is 8.03. The van der Waals surface area contributed by atoms with Crippen LogP contribution in [0.1, 0.15) is 11.1 Å². The Kier molecular flexibility index (Phi) is 8.70. The Labute approximate surface area is 209 Å². The maximum atomic E-state index is 13.2. The number of nitrogens with zero attached hydrogens (tertiary/aromatic N) is 1. The normalized spacial score (nSPS) is 10.7. The third-order valence-electron chi connectivity index (χ3n) is 4.29. The zero-order chi connectivity index (χ0) is 24.7. The largest absolute Gasteiger partial charge is 0.493 e. The summed E-state index contributed by atoms with van der Waals surface area (Å²) in [5.41, 5.74) is 3.56. The number of amides is 2. The Morgan fingerprint density at radius 1 is 0.971 bits per heavy atom. The summed E-state index contributed by atoms with van der Waals surface area (Å²) in [7, 11) is 1.46. The zero-order valence-corrected chi connectivity index (χ0v) is 19.8. The number of hydrogen-bond acceptors (Lipinski definition) is 5. The van der Waals surface area contributed by atoms with Crippen LogP contribution >= 0.6 is 34.8 Å². The second-order valence-electron chi connectivity index (χ2n) is 6.75. The van der Waals surface area contributed by atoms with Gasteiger partial charge in [-0.05, 0) is 54.1 Å². The van der Waals surface area contributed by atoms with E-state index in [9.17, 15) is 14.0 Å². The molecule has 2 amide bonds. The molecule has 0 radical (unpaired) electrons. The van der Waals surface area contributed by atoms with Gasteiger partial charge in [-0.3, -0.25) is 9.59 Å². The SMILES string of the molecule is COc1cc(/C=N/NC(=O)C(=O)Nc2cc(Cl)cc(Cl)c2)ccc1OCc1ccc(F)cc1Cl. The van der Waals surface area contributed by atoms with E-state index in [-0.39, 0.29) is 17.3 Å².